The fourth-order valence-corrected chi connectivity index (χ4v) is 5.33. The van der Waals surface area contributed by atoms with Crippen LogP contribution in [0, 0.1) is 5.92 Å². The fourth-order valence-electron chi connectivity index (χ4n) is 5.33. The SMILES string of the molecule is C/C=C1/[C@H](O[C@@H]2O[C@H](CO)[C@@H](O)[C@H](O)[C@H]2O)OC=C2C(=O)OC[C@H](O)c3ccc(cc3)Oc3cc(ccc3O)CCOC(=O)C[C@H]21. The summed E-state index contributed by atoms with van der Waals surface area (Å²) in [5.41, 5.74) is 1.32. The normalized spacial score (nSPS) is 31.6. The Bertz CT molecular complexity index is 1450. The predicted octanol–water partition coefficient (Wildman–Crippen LogP) is 0.870. The van der Waals surface area contributed by atoms with Crippen LogP contribution in [0.3, 0.4) is 0 Å². The summed E-state index contributed by atoms with van der Waals surface area (Å²) in [4.78, 5) is 26.4. The van der Waals surface area contributed by atoms with Crippen molar-refractivity contribution in [3.05, 3.63) is 77.1 Å². The molecule has 6 rings (SSSR count). The van der Waals surface area contributed by atoms with E-state index in [1.807, 2.05) is 0 Å². The smallest absolute Gasteiger partial charge is 0.337 e. The molecule has 6 N–H and O–H groups in total. The van der Waals surface area contributed by atoms with Crippen molar-refractivity contribution in [3.8, 4) is 17.2 Å². The molecule has 0 unspecified atom stereocenters. The molecular formula is C32H36O14. The quantitative estimate of drug-likeness (QED) is 0.202. The van der Waals surface area contributed by atoms with Gasteiger partial charge in [0.1, 0.15) is 42.9 Å². The van der Waals surface area contributed by atoms with Gasteiger partial charge in [-0.05, 0) is 42.3 Å². The summed E-state index contributed by atoms with van der Waals surface area (Å²) in [7, 11) is 0. The number of fused-ring (bicyclic) bond motifs is 9. The van der Waals surface area contributed by atoms with Crippen molar-refractivity contribution in [1.29, 1.82) is 0 Å². The molecule has 0 radical (unpaired) electrons. The minimum atomic E-state index is -1.73. The van der Waals surface area contributed by atoms with Gasteiger partial charge in [-0.25, -0.2) is 4.79 Å². The molecule has 2 aromatic carbocycles. The van der Waals surface area contributed by atoms with E-state index in [1.54, 1.807) is 43.3 Å². The average Bonchev–Trinajstić information content (AvgIpc) is 3.05. The fraction of sp³-hybridized carbons (Fsp3) is 0.438. The summed E-state index contributed by atoms with van der Waals surface area (Å²) >= 11 is 0. The third-order valence-corrected chi connectivity index (χ3v) is 7.96. The van der Waals surface area contributed by atoms with Crippen LogP contribution < -0.4 is 4.74 Å². The number of aliphatic hydroxyl groups excluding tert-OH is 5. The van der Waals surface area contributed by atoms with Gasteiger partial charge in [0.25, 0.3) is 0 Å². The van der Waals surface area contributed by atoms with Gasteiger partial charge in [-0.2, -0.15) is 0 Å². The Morgan fingerprint density at radius 3 is 2.46 bits per heavy atom. The summed E-state index contributed by atoms with van der Waals surface area (Å²) in [5.74, 6) is -2.09. The van der Waals surface area contributed by atoms with Gasteiger partial charge in [0.2, 0.25) is 6.29 Å². The van der Waals surface area contributed by atoms with E-state index < -0.39 is 74.2 Å². The van der Waals surface area contributed by atoms with Crippen molar-refractivity contribution in [1.82, 2.24) is 0 Å². The summed E-state index contributed by atoms with van der Waals surface area (Å²) < 4.78 is 33.6. The van der Waals surface area contributed by atoms with E-state index in [-0.39, 0.29) is 42.1 Å². The highest BCUT2D eigenvalue weighted by Crippen LogP contribution is 2.37. The molecule has 46 heavy (non-hydrogen) atoms. The number of benzene rings is 2. The molecule has 1 saturated heterocycles. The number of hydrogen-bond donors (Lipinski definition) is 6. The number of phenolic OH excluding ortho intramolecular Hbond substituents is 1. The second-order valence-corrected chi connectivity index (χ2v) is 11.0. The zero-order valence-electron chi connectivity index (χ0n) is 24.8. The largest absolute Gasteiger partial charge is 0.504 e. The maximum atomic E-state index is 13.3. The van der Waals surface area contributed by atoms with Crippen molar-refractivity contribution < 1.29 is 68.6 Å². The number of aromatic hydroxyl groups is 1. The summed E-state index contributed by atoms with van der Waals surface area (Å²) in [5, 5.41) is 61.3. The standard InChI is InChI=1S/C32H36O14/c1-2-19-20-12-26(36)41-10-9-16-3-8-22(34)24(11-16)44-18-6-4-17(5-7-18)23(35)15-42-30(40)21(20)14-43-31(19)46-32-29(39)28(38)27(37)25(13-33)45-32/h2-8,11,14,20,23,25,27-29,31-35,37-39H,9-10,12-13,15H2,1H3/b19-2+/t20-,23-,25+,27+,28-,29+,31-,32-/m0/s1. The molecule has 0 spiro atoms. The first kappa shape index (κ1) is 33.3. The maximum absolute atomic E-state index is 13.3. The highest BCUT2D eigenvalue weighted by atomic mass is 16.8. The van der Waals surface area contributed by atoms with Crippen molar-refractivity contribution in [2.45, 2.75) is 62.9 Å². The molecule has 0 aliphatic carbocycles. The van der Waals surface area contributed by atoms with E-state index in [0.717, 1.165) is 6.26 Å². The first-order chi connectivity index (χ1) is 22.1. The highest BCUT2D eigenvalue weighted by molar-refractivity contribution is 5.91. The number of rotatable bonds is 3. The van der Waals surface area contributed by atoms with Crippen LogP contribution in [0.5, 0.6) is 17.2 Å². The molecular weight excluding hydrogens is 608 g/mol. The molecule has 8 atom stereocenters. The van der Waals surface area contributed by atoms with Crippen molar-refractivity contribution in [2.75, 3.05) is 19.8 Å². The third-order valence-electron chi connectivity index (χ3n) is 7.96. The van der Waals surface area contributed by atoms with Crippen molar-refractivity contribution in [2.24, 2.45) is 5.92 Å². The molecule has 4 aliphatic rings. The Hall–Kier alpha value is -4.02. The molecule has 0 aromatic heterocycles. The predicted molar refractivity (Wildman–Crippen MR) is 155 cm³/mol. The van der Waals surface area contributed by atoms with Gasteiger partial charge in [0.05, 0.1) is 31.5 Å². The number of carbonyl (C=O) groups is 2. The van der Waals surface area contributed by atoms with Gasteiger partial charge in [-0.1, -0.05) is 24.3 Å². The monoisotopic (exact) mass is 644 g/mol. The van der Waals surface area contributed by atoms with Crippen LogP contribution in [-0.4, -0.2) is 99.4 Å². The zero-order valence-corrected chi connectivity index (χ0v) is 24.8. The number of phenols is 1. The third kappa shape index (κ3) is 7.34. The molecule has 14 nitrogen and oxygen atoms in total. The lowest BCUT2D eigenvalue weighted by Gasteiger charge is -2.42. The van der Waals surface area contributed by atoms with Crippen molar-refractivity contribution in [3.63, 3.8) is 0 Å². The van der Waals surface area contributed by atoms with Crippen LogP contribution in [-0.2, 0) is 39.7 Å². The lowest BCUT2D eigenvalue weighted by molar-refractivity contribution is -0.327. The Balaban J connectivity index is 1.41. The molecule has 0 amide bonds. The Kier molecular flexibility index (Phi) is 10.6. The first-order valence-electron chi connectivity index (χ1n) is 14.7. The number of ether oxygens (including phenoxy) is 6. The van der Waals surface area contributed by atoms with Crippen LogP contribution in [0.1, 0.15) is 30.6 Å². The van der Waals surface area contributed by atoms with E-state index in [0.29, 0.717) is 16.9 Å². The van der Waals surface area contributed by atoms with Crippen LogP contribution >= 0.6 is 0 Å². The number of allylic oxidation sites excluding steroid dienone is 1. The van der Waals surface area contributed by atoms with E-state index in [2.05, 4.69) is 0 Å². The second kappa shape index (κ2) is 14.6. The minimum Gasteiger partial charge on any atom is -0.504 e. The molecule has 248 valence electrons. The van der Waals surface area contributed by atoms with E-state index >= 15 is 0 Å². The first-order valence-corrected chi connectivity index (χ1v) is 14.7. The van der Waals surface area contributed by atoms with Gasteiger partial charge in [-0.15, -0.1) is 0 Å². The molecule has 4 aliphatic heterocycles. The zero-order chi connectivity index (χ0) is 33.0. The maximum Gasteiger partial charge on any atom is 0.337 e. The van der Waals surface area contributed by atoms with Gasteiger partial charge < -0.3 is 59.1 Å². The van der Waals surface area contributed by atoms with Gasteiger partial charge >= 0.3 is 11.9 Å². The van der Waals surface area contributed by atoms with E-state index in [1.165, 1.54) is 12.1 Å². The average molecular weight is 645 g/mol. The summed E-state index contributed by atoms with van der Waals surface area (Å²) in [6.07, 6.45) is -7.88. The Morgan fingerprint density at radius 1 is 0.978 bits per heavy atom. The summed E-state index contributed by atoms with van der Waals surface area (Å²) in [6, 6.07) is 11.1. The lowest BCUT2D eigenvalue weighted by atomic mass is 9.86. The topological polar surface area (TPSA) is 211 Å². The molecule has 14 heteroatoms. The molecule has 0 saturated carbocycles. The van der Waals surface area contributed by atoms with Crippen LogP contribution in [0.25, 0.3) is 0 Å². The van der Waals surface area contributed by atoms with Crippen molar-refractivity contribution >= 4 is 11.9 Å². The molecule has 4 bridgehead atoms. The Labute approximate surface area is 263 Å². The van der Waals surface area contributed by atoms with Crippen LogP contribution in [0.15, 0.2) is 65.9 Å². The minimum absolute atomic E-state index is 0.0351. The lowest BCUT2D eigenvalue weighted by Crippen LogP contribution is -2.60. The van der Waals surface area contributed by atoms with Gasteiger partial charge in [-0.3, -0.25) is 4.79 Å². The number of hydrogen-bond acceptors (Lipinski definition) is 14. The van der Waals surface area contributed by atoms with Crippen LogP contribution in [0.2, 0.25) is 0 Å². The number of aliphatic hydroxyl groups is 5. The number of carbonyl (C=O) groups excluding carboxylic acids is 2. The second-order valence-electron chi connectivity index (χ2n) is 11.0. The Morgan fingerprint density at radius 2 is 1.74 bits per heavy atom. The van der Waals surface area contributed by atoms with Gasteiger partial charge in [0.15, 0.2) is 17.8 Å². The summed E-state index contributed by atoms with van der Waals surface area (Å²) in [6.45, 7) is 0.457. The van der Waals surface area contributed by atoms with E-state index in [4.69, 9.17) is 28.4 Å². The molecule has 4 heterocycles. The number of esters is 2. The molecule has 1 fully saturated rings. The molecule has 2 aromatic rings. The highest BCUT2D eigenvalue weighted by Gasteiger charge is 2.47. The van der Waals surface area contributed by atoms with Gasteiger partial charge in [0, 0.05) is 17.9 Å². The van der Waals surface area contributed by atoms with E-state index in [9.17, 15) is 40.2 Å². The van der Waals surface area contributed by atoms with Crippen LogP contribution in [0.4, 0.5) is 0 Å².